The minimum Gasteiger partial charge on any atom is -0.310 e. The van der Waals surface area contributed by atoms with E-state index in [-0.39, 0.29) is 0 Å². The highest BCUT2D eigenvalue weighted by molar-refractivity contribution is 6.10. The molecule has 296 valence electrons. The van der Waals surface area contributed by atoms with Crippen molar-refractivity contribution in [2.24, 2.45) is 0 Å². The van der Waals surface area contributed by atoms with Gasteiger partial charge in [-0.1, -0.05) is 188 Å². The second-order valence-electron chi connectivity index (χ2n) is 16.5. The van der Waals surface area contributed by atoms with Crippen LogP contribution in [0, 0.1) is 0 Å². The van der Waals surface area contributed by atoms with Crippen LogP contribution in [0.1, 0.15) is 22.3 Å². The molecule has 12 rings (SSSR count). The Morgan fingerprint density at radius 2 is 0.778 bits per heavy atom. The van der Waals surface area contributed by atoms with Crippen LogP contribution >= 0.6 is 0 Å². The zero-order chi connectivity index (χ0) is 41.7. The Balaban J connectivity index is 1.01. The summed E-state index contributed by atoms with van der Waals surface area (Å²) in [5, 5.41) is 2.50. The van der Waals surface area contributed by atoms with E-state index in [1.807, 2.05) is 0 Å². The van der Waals surface area contributed by atoms with Crippen LogP contribution in [0.5, 0.6) is 0 Å². The van der Waals surface area contributed by atoms with Crippen LogP contribution in [0.25, 0.3) is 60.9 Å². The van der Waals surface area contributed by atoms with Gasteiger partial charge < -0.3 is 9.47 Å². The molecule has 1 aromatic heterocycles. The van der Waals surface area contributed by atoms with Gasteiger partial charge in [0.2, 0.25) is 0 Å². The average molecular weight is 803 g/mol. The highest BCUT2D eigenvalue weighted by Crippen LogP contribution is 2.57. The monoisotopic (exact) mass is 802 g/mol. The molecule has 2 heteroatoms. The van der Waals surface area contributed by atoms with Gasteiger partial charge in [0, 0.05) is 33.5 Å². The molecule has 11 aromatic rings. The summed E-state index contributed by atoms with van der Waals surface area (Å²) in [5.74, 6) is 0. The molecule has 10 aromatic carbocycles. The van der Waals surface area contributed by atoms with Gasteiger partial charge in [0.05, 0.1) is 16.4 Å². The summed E-state index contributed by atoms with van der Waals surface area (Å²) in [6, 6.07) is 93.2. The van der Waals surface area contributed by atoms with E-state index in [9.17, 15) is 0 Å². The summed E-state index contributed by atoms with van der Waals surface area (Å²) in [4.78, 5) is 2.42. The van der Waals surface area contributed by atoms with E-state index in [0.717, 1.165) is 22.7 Å². The Labute approximate surface area is 368 Å². The van der Waals surface area contributed by atoms with Crippen molar-refractivity contribution in [1.82, 2.24) is 4.57 Å². The van der Waals surface area contributed by atoms with Crippen LogP contribution in [0.4, 0.5) is 17.1 Å². The Morgan fingerprint density at radius 3 is 1.44 bits per heavy atom. The van der Waals surface area contributed by atoms with E-state index in [1.54, 1.807) is 0 Å². The van der Waals surface area contributed by atoms with Gasteiger partial charge in [-0.05, 0) is 122 Å². The highest BCUT2D eigenvalue weighted by Gasteiger charge is 2.46. The van der Waals surface area contributed by atoms with Crippen molar-refractivity contribution in [3.63, 3.8) is 0 Å². The summed E-state index contributed by atoms with van der Waals surface area (Å²) in [6.07, 6.45) is 0. The predicted octanol–water partition coefficient (Wildman–Crippen LogP) is 16.0. The van der Waals surface area contributed by atoms with Gasteiger partial charge in [-0.3, -0.25) is 0 Å². The normalized spacial score (nSPS) is 12.6. The molecule has 63 heavy (non-hydrogen) atoms. The van der Waals surface area contributed by atoms with Crippen molar-refractivity contribution in [3.8, 4) is 39.1 Å². The van der Waals surface area contributed by atoms with Gasteiger partial charge >= 0.3 is 0 Å². The molecule has 0 radical (unpaired) electrons. The van der Waals surface area contributed by atoms with Crippen LogP contribution in [-0.2, 0) is 5.41 Å². The molecule has 0 aliphatic heterocycles. The molecule has 0 unspecified atom stereocenters. The van der Waals surface area contributed by atoms with E-state index in [0.29, 0.717) is 0 Å². The van der Waals surface area contributed by atoms with Gasteiger partial charge in [-0.15, -0.1) is 0 Å². The number of aromatic nitrogens is 1. The van der Waals surface area contributed by atoms with E-state index >= 15 is 0 Å². The van der Waals surface area contributed by atoms with Gasteiger partial charge in [-0.2, -0.15) is 0 Å². The van der Waals surface area contributed by atoms with Crippen LogP contribution in [0.15, 0.2) is 255 Å². The molecule has 0 fully saturated rings. The third-order valence-corrected chi connectivity index (χ3v) is 13.1. The molecule has 1 aliphatic rings. The second kappa shape index (κ2) is 15.1. The maximum Gasteiger partial charge on any atom is 0.0714 e. The van der Waals surface area contributed by atoms with Gasteiger partial charge in [0.15, 0.2) is 0 Å². The van der Waals surface area contributed by atoms with Crippen molar-refractivity contribution >= 4 is 38.9 Å². The van der Waals surface area contributed by atoms with Crippen LogP contribution in [-0.4, -0.2) is 4.57 Å². The van der Waals surface area contributed by atoms with Crippen molar-refractivity contribution in [2.45, 2.75) is 5.41 Å². The number of hydrogen-bond donors (Lipinski definition) is 0. The lowest BCUT2D eigenvalue weighted by atomic mass is 9.67. The first-order valence-electron chi connectivity index (χ1n) is 21.8. The minimum atomic E-state index is -0.501. The summed E-state index contributed by atoms with van der Waals surface area (Å²) in [5.41, 5.74) is 18.8. The number of nitrogens with zero attached hydrogens (tertiary/aromatic N) is 2. The number of benzene rings is 10. The number of anilines is 3. The lowest BCUT2D eigenvalue weighted by Crippen LogP contribution is -2.28. The summed E-state index contributed by atoms with van der Waals surface area (Å²) in [6.45, 7) is 0. The number of rotatable bonds is 8. The smallest absolute Gasteiger partial charge is 0.0714 e. The lowest BCUT2D eigenvalue weighted by molar-refractivity contribution is 0.768. The molecule has 0 atom stereocenters. The highest BCUT2D eigenvalue weighted by atomic mass is 15.1. The van der Waals surface area contributed by atoms with Crippen LogP contribution < -0.4 is 4.90 Å². The molecule has 0 saturated carbocycles. The van der Waals surface area contributed by atoms with E-state index in [1.165, 1.54) is 77.4 Å². The minimum absolute atomic E-state index is 0.501. The van der Waals surface area contributed by atoms with Crippen LogP contribution in [0.3, 0.4) is 0 Å². The third kappa shape index (κ3) is 5.95. The fourth-order valence-corrected chi connectivity index (χ4v) is 10.3. The standard InChI is InChI=1S/C61H42N2/c1-5-17-43(18-6-1)44-29-34-50(35-30-44)62(51-36-31-45(32-37-51)46-33-40-60-56(41-46)55-26-14-16-28-59(55)63(60)49-23-11-4-12-24-49)52-38-39-54-53-25-13-15-27-57(53)61(58(54)42-52,47-19-7-2-8-20-47)48-21-9-3-10-22-48/h1-42H. The first-order valence-corrected chi connectivity index (χ1v) is 21.8. The van der Waals surface area contributed by atoms with Crippen LogP contribution in [0.2, 0.25) is 0 Å². The number of para-hydroxylation sites is 2. The first-order chi connectivity index (χ1) is 31.3. The Bertz CT molecular complexity index is 3370. The molecular weight excluding hydrogens is 761 g/mol. The van der Waals surface area contributed by atoms with Crippen molar-refractivity contribution in [3.05, 3.63) is 277 Å². The maximum atomic E-state index is 2.45. The second-order valence-corrected chi connectivity index (χ2v) is 16.5. The maximum absolute atomic E-state index is 2.45. The molecule has 0 bridgehead atoms. The van der Waals surface area contributed by atoms with Crippen molar-refractivity contribution in [2.75, 3.05) is 4.90 Å². The summed E-state index contributed by atoms with van der Waals surface area (Å²) in [7, 11) is 0. The third-order valence-electron chi connectivity index (χ3n) is 13.1. The topological polar surface area (TPSA) is 8.17 Å². The zero-order valence-electron chi connectivity index (χ0n) is 34.6. The summed E-state index contributed by atoms with van der Waals surface area (Å²) >= 11 is 0. The summed E-state index contributed by atoms with van der Waals surface area (Å²) < 4.78 is 2.37. The van der Waals surface area contributed by atoms with Crippen molar-refractivity contribution < 1.29 is 0 Å². The lowest BCUT2D eigenvalue weighted by Gasteiger charge is -2.35. The number of fused-ring (bicyclic) bond motifs is 6. The Kier molecular flexibility index (Phi) is 8.76. The molecule has 1 heterocycles. The fourth-order valence-electron chi connectivity index (χ4n) is 10.3. The molecule has 2 nitrogen and oxygen atoms in total. The molecule has 0 N–H and O–H groups in total. The fraction of sp³-hybridized carbons (Fsp3) is 0.0164. The molecule has 1 aliphatic carbocycles. The average Bonchev–Trinajstić information content (AvgIpc) is 3.86. The van der Waals surface area contributed by atoms with Gasteiger partial charge in [0.1, 0.15) is 0 Å². The van der Waals surface area contributed by atoms with E-state index in [4.69, 9.17) is 0 Å². The van der Waals surface area contributed by atoms with Gasteiger partial charge in [-0.25, -0.2) is 0 Å². The van der Waals surface area contributed by atoms with E-state index < -0.39 is 5.41 Å². The predicted molar refractivity (Wildman–Crippen MR) is 264 cm³/mol. The Morgan fingerprint density at radius 1 is 0.302 bits per heavy atom. The zero-order valence-corrected chi connectivity index (χ0v) is 34.6. The number of hydrogen-bond acceptors (Lipinski definition) is 1. The largest absolute Gasteiger partial charge is 0.310 e. The Hall–Kier alpha value is -8.20. The molecular formula is C61H42N2. The molecule has 0 saturated heterocycles. The SMILES string of the molecule is c1ccc(-c2ccc(N(c3ccc(-c4ccc5c(c4)c4ccccc4n5-c4ccccc4)cc3)c3ccc4c(c3)C(c3ccccc3)(c3ccccc3)c3ccccc3-4)cc2)cc1. The first kappa shape index (κ1) is 36.6. The van der Waals surface area contributed by atoms with Crippen molar-refractivity contribution in [1.29, 1.82) is 0 Å². The molecule has 0 spiro atoms. The quantitative estimate of drug-likeness (QED) is 0.149. The van der Waals surface area contributed by atoms with E-state index in [2.05, 4.69) is 264 Å². The molecule has 0 amide bonds. The van der Waals surface area contributed by atoms with Gasteiger partial charge in [0.25, 0.3) is 0 Å².